The number of halogens is 1. The van der Waals surface area contributed by atoms with E-state index in [1.165, 1.54) is 0 Å². The van der Waals surface area contributed by atoms with Crippen LogP contribution in [0.3, 0.4) is 0 Å². The molecule has 0 heterocycles. The van der Waals surface area contributed by atoms with Gasteiger partial charge >= 0.3 is 0 Å². The van der Waals surface area contributed by atoms with E-state index in [0.29, 0.717) is 22.5 Å². The number of benzene rings is 3. The van der Waals surface area contributed by atoms with Gasteiger partial charge in [0, 0.05) is 21.4 Å². The van der Waals surface area contributed by atoms with E-state index in [0.717, 1.165) is 10.0 Å². The average molecular weight is 434 g/mol. The molecule has 0 aliphatic rings. The normalized spacial score (nSPS) is 10.0. The molecule has 0 spiro atoms. The molecule has 0 aliphatic carbocycles. The zero-order chi connectivity index (χ0) is 19.9. The lowest BCUT2D eigenvalue weighted by Crippen LogP contribution is -2.15. The monoisotopic (exact) mass is 433 g/mol. The molecule has 3 aromatic rings. The van der Waals surface area contributed by atoms with E-state index >= 15 is 0 Å². The number of carbonyl (C=O) groups excluding carboxylic acids is 2. The van der Waals surface area contributed by atoms with Crippen LogP contribution in [0.4, 0.5) is 11.4 Å². The van der Waals surface area contributed by atoms with Crippen molar-refractivity contribution in [2.24, 2.45) is 0 Å². The first-order valence-corrected chi connectivity index (χ1v) is 9.29. The van der Waals surface area contributed by atoms with Crippen molar-refractivity contribution in [1.82, 2.24) is 0 Å². The van der Waals surface area contributed by atoms with Gasteiger partial charge in [0.05, 0.1) is 18.1 Å². The summed E-state index contributed by atoms with van der Waals surface area (Å²) in [6.07, 6.45) is 0.192. The molecule has 0 fully saturated rings. The number of hydrogen-bond acceptors (Lipinski definition) is 3. The van der Waals surface area contributed by atoms with Crippen LogP contribution in [0.5, 0.6) is 0 Å². The number of hydrogen-bond donors (Lipinski definition) is 2. The van der Waals surface area contributed by atoms with Crippen molar-refractivity contribution in [1.29, 1.82) is 5.26 Å². The van der Waals surface area contributed by atoms with Crippen LogP contribution in [0, 0.1) is 11.3 Å². The van der Waals surface area contributed by atoms with Gasteiger partial charge in [0.2, 0.25) is 5.91 Å². The third-order valence-electron chi connectivity index (χ3n) is 3.96. The highest BCUT2D eigenvalue weighted by atomic mass is 79.9. The zero-order valence-electron chi connectivity index (χ0n) is 14.8. The molecule has 0 atom stereocenters. The van der Waals surface area contributed by atoms with Gasteiger partial charge in [-0.1, -0.05) is 34.1 Å². The quantitative estimate of drug-likeness (QED) is 0.608. The van der Waals surface area contributed by atoms with Gasteiger partial charge in [0.25, 0.3) is 5.91 Å². The van der Waals surface area contributed by atoms with E-state index in [9.17, 15) is 9.59 Å². The first kappa shape index (κ1) is 19.3. The summed E-state index contributed by atoms with van der Waals surface area (Å²) in [6.45, 7) is 0. The van der Waals surface area contributed by atoms with E-state index < -0.39 is 0 Å². The molecule has 0 unspecified atom stereocenters. The van der Waals surface area contributed by atoms with Gasteiger partial charge in [-0.25, -0.2) is 0 Å². The maximum Gasteiger partial charge on any atom is 0.255 e. The number of nitriles is 1. The molecule has 138 valence electrons. The number of nitrogens with one attached hydrogen (secondary N) is 2. The Morgan fingerprint density at radius 2 is 1.61 bits per heavy atom. The Bertz CT molecular complexity index is 1040. The molecule has 3 rings (SSSR count). The van der Waals surface area contributed by atoms with Gasteiger partial charge in [-0.05, 0) is 60.2 Å². The van der Waals surface area contributed by atoms with Crippen molar-refractivity contribution in [3.05, 3.63) is 94.0 Å². The number of amides is 2. The molecule has 0 saturated carbocycles. The Balaban J connectivity index is 1.57. The predicted molar refractivity (Wildman–Crippen MR) is 112 cm³/mol. The molecule has 0 radical (unpaired) electrons. The summed E-state index contributed by atoms with van der Waals surface area (Å²) >= 11 is 3.34. The molecule has 6 heteroatoms. The van der Waals surface area contributed by atoms with Gasteiger partial charge in [0.15, 0.2) is 0 Å². The second-order valence-electron chi connectivity index (χ2n) is 6.08. The van der Waals surface area contributed by atoms with Crippen LogP contribution < -0.4 is 10.6 Å². The van der Waals surface area contributed by atoms with Crippen molar-refractivity contribution in [2.45, 2.75) is 6.42 Å². The van der Waals surface area contributed by atoms with Gasteiger partial charge < -0.3 is 10.6 Å². The number of rotatable bonds is 5. The second-order valence-corrected chi connectivity index (χ2v) is 6.99. The van der Waals surface area contributed by atoms with Crippen LogP contribution in [0.25, 0.3) is 0 Å². The van der Waals surface area contributed by atoms with Crippen molar-refractivity contribution >= 4 is 39.1 Å². The Kier molecular flexibility index (Phi) is 6.20. The van der Waals surface area contributed by atoms with Crippen molar-refractivity contribution in [3.63, 3.8) is 0 Å². The molecular formula is C22H16BrN3O2. The molecular weight excluding hydrogens is 418 g/mol. The summed E-state index contributed by atoms with van der Waals surface area (Å²) in [7, 11) is 0. The van der Waals surface area contributed by atoms with E-state index in [2.05, 4.69) is 26.6 Å². The first-order valence-electron chi connectivity index (χ1n) is 8.49. The lowest BCUT2D eigenvalue weighted by atomic mass is 10.1. The molecule has 5 nitrogen and oxygen atoms in total. The third kappa shape index (κ3) is 5.29. The Morgan fingerprint density at radius 3 is 2.29 bits per heavy atom. The standard InChI is InChI=1S/C22H16BrN3O2/c23-18-8-6-17(7-9-18)22(28)26-19-10-4-15(5-11-19)13-21(27)25-20-3-1-2-16(12-20)14-24/h1-12H,13H2,(H,25,27)(H,26,28). The number of carbonyl (C=O) groups is 2. The van der Waals surface area contributed by atoms with Crippen molar-refractivity contribution in [3.8, 4) is 6.07 Å². The third-order valence-corrected chi connectivity index (χ3v) is 4.49. The first-order chi connectivity index (χ1) is 13.5. The summed E-state index contributed by atoms with van der Waals surface area (Å²) in [5.41, 5.74) is 3.10. The fourth-order valence-corrected chi connectivity index (χ4v) is 2.83. The van der Waals surface area contributed by atoms with Gasteiger partial charge in [-0.3, -0.25) is 9.59 Å². The van der Waals surface area contributed by atoms with Crippen LogP contribution in [-0.4, -0.2) is 11.8 Å². The second kappa shape index (κ2) is 8.98. The van der Waals surface area contributed by atoms with Crippen molar-refractivity contribution < 1.29 is 9.59 Å². The topological polar surface area (TPSA) is 82.0 Å². The minimum Gasteiger partial charge on any atom is -0.326 e. The molecule has 3 aromatic carbocycles. The lowest BCUT2D eigenvalue weighted by molar-refractivity contribution is -0.115. The largest absolute Gasteiger partial charge is 0.326 e. The average Bonchev–Trinajstić information content (AvgIpc) is 2.70. The van der Waals surface area contributed by atoms with E-state index in [1.54, 1.807) is 60.7 Å². The summed E-state index contributed by atoms with van der Waals surface area (Å²) < 4.78 is 0.908. The van der Waals surface area contributed by atoms with E-state index in [4.69, 9.17) is 5.26 Å². The maximum absolute atomic E-state index is 12.2. The van der Waals surface area contributed by atoms with Gasteiger partial charge in [-0.15, -0.1) is 0 Å². The number of nitrogens with zero attached hydrogens (tertiary/aromatic N) is 1. The van der Waals surface area contributed by atoms with Crippen LogP contribution >= 0.6 is 15.9 Å². The SMILES string of the molecule is N#Cc1cccc(NC(=O)Cc2ccc(NC(=O)c3ccc(Br)cc3)cc2)c1. The summed E-state index contributed by atoms with van der Waals surface area (Å²) in [4.78, 5) is 24.4. The Morgan fingerprint density at radius 1 is 0.893 bits per heavy atom. The van der Waals surface area contributed by atoms with Crippen LogP contribution in [0.15, 0.2) is 77.3 Å². The minimum absolute atomic E-state index is 0.179. The highest BCUT2D eigenvalue weighted by Gasteiger charge is 2.08. The smallest absolute Gasteiger partial charge is 0.255 e. The molecule has 2 N–H and O–H groups in total. The fourth-order valence-electron chi connectivity index (χ4n) is 2.57. The highest BCUT2D eigenvalue weighted by molar-refractivity contribution is 9.10. The van der Waals surface area contributed by atoms with Crippen molar-refractivity contribution in [2.75, 3.05) is 10.6 Å². The molecule has 0 bridgehead atoms. The zero-order valence-corrected chi connectivity index (χ0v) is 16.4. The summed E-state index contributed by atoms with van der Waals surface area (Å²) in [5.74, 6) is -0.378. The molecule has 0 saturated heterocycles. The van der Waals surface area contributed by atoms with Crippen LogP contribution in [0.1, 0.15) is 21.5 Å². The molecule has 2 amide bonds. The summed E-state index contributed by atoms with van der Waals surface area (Å²) in [5, 5.41) is 14.5. The van der Waals surface area contributed by atoms with E-state index in [-0.39, 0.29) is 18.2 Å². The number of anilines is 2. The maximum atomic E-state index is 12.2. The summed E-state index contributed by atoms with van der Waals surface area (Å²) in [6, 6.07) is 23.0. The fraction of sp³-hybridized carbons (Fsp3) is 0.0455. The van der Waals surface area contributed by atoms with Gasteiger partial charge in [0.1, 0.15) is 0 Å². The lowest BCUT2D eigenvalue weighted by Gasteiger charge is -2.08. The van der Waals surface area contributed by atoms with Crippen LogP contribution in [-0.2, 0) is 11.2 Å². The molecule has 0 aromatic heterocycles. The molecule has 0 aliphatic heterocycles. The molecule has 28 heavy (non-hydrogen) atoms. The Hall–Kier alpha value is -3.43. The van der Waals surface area contributed by atoms with Crippen LogP contribution in [0.2, 0.25) is 0 Å². The Labute approximate surface area is 171 Å². The predicted octanol–water partition coefficient (Wildman–Crippen LogP) is 4.75. The van der Waals surface area contributed by atoms with E-state index in [1.807, 2.05) is 18.2 Å². The van der Waals surface area contributed by atoms with Gasteiger partial charge in [-0.2, -0.15) is 5.26 Å². The highest BCUT2D eigenvalue weighted by Crippen LogP contribution is 2.15. The minimum atomic E-state index is -0.199.